The molecule has 0 saturated carbocycles. The number of benzene rings is 1. The number of aromatic nitrogens is 1. The van der Waals surface area contributed by atoms with Gasteiger partial charge in [-0.15, -0.1) is 0 Å². The number of para-hydroxylation sites is 1. The van der Waals surface area contributed by atoms with Gasteiger partial charge in [-0.2, -0.15) is 4.98 Å². The Kier molecular flexibility index (Phi) is 5.57. The van der Waals surface area contributed by atoms with Gasteiger partial charge in [0, 0.05) is 36.3 Å². The van der Waals surface area contributed by atoms with Crippen LogP contribution < -0.4 is 10.6 Å². The molecule has 178 valence electrons. The van der Waals surface area contributed by atoms with Gasteiger partial charge in [0.15, 0.2) is 5.58 Å². The summed E-state index contributed by atoms with van der Waals surface area (Å²) in [5.41, 5.74) is 1.96. The van der Waals surface area contributed by atoms with E-state index < -0.39 is 0 Å². The molecule has 7 nitrogen and oxygen atoms in total. The van der Waals surface area contributed by atoms with Crippen molar-refractivity contribution in [3.63, 3.8) is 0 Å². The van der Waals surface area contributed by atoms with Gasteiger partial charge in [0.2, 0.25) is 0 Å². The summed E-state index contributed by atoms with van der Waals surface area (Å²) in [5, 5.41) is 6.88. The molecule has 1 amide bonds. The van der Waals surface area contributed by atoms with Gasteiger partial charge in [-0.25, -0.2) is 0 Å². The van der Waals surface area contributed by atoms with Crippen LogP contribution in [-0.4, -0.2) is 71.0 Å². The van der Waals surface area contributed by atoms with E-state index in [2.05, 4.69) is 34.5 Å². The Morgan fingerprint density at radius 2 is 1.48 bits per heavy atom. The molecule has 1 aromatic heterocycles. The third-order valence-electron chi connectivity index (χ3n) is 9.01. The monoisotopic (exact) mass is 451 g/mol. The Hall–Kier alpha value is -2.12. The van der Waals surface area contributed by atoms with Crippen LogP contribution in [0.2, 0.25) is 0 Å². The molecule has 2 aromatic rings. The molecule has 4 saturated heterocycles. The summed E-state index contributed by atoms with van der Waals surface area (Å²) < 4.78 is 6.05. The number of hydrogen-bond acceptors (Lipinski definition) is 6. The lowest BCUT2D eigenvalue weighted by Crippen LogP contribution is -2.55. The van der Waals surface area contributed by atoms with Gasteiger partial charge in [0.05, 0.1) is 5.56 Å². The number of rotatable bonds is 4. The van der Waals surface area contributed by atoms with Crippen LogP contribution in [0, 0.1) is 0 Å². The van der Waals surface area contributed by atoms with E-state index in [9.17, 15) is 4.79 Å². The van der Waals surface area contributed by atoms with Gasteiger partial charge in [-0.05, 0) is 77.6 Å². The number of amides is 1. The molecule has 4 aliphatic rings. The summed E-state index contributed by atoms with van der Waals surface area (Å²) in [4.78, 5) is 23.1. The SMILES string of the molecule is CN1C2CCCC1CC(NC(=O)c1cccc3oc(NC4CC5CCCC(C4)N5C)nc13)C2. The zero-order chi connectivity index (χ0) is 22.5. The number of carbonyl (C=O) groups excluding carboxylic acids is 1. The molecule has 5 heterocycles. The van der Waals surface area contributed by atoms with Crippen LogP contribution in [0.5, 0.6) is 0 Å². The molecule has 0 spiro atoms. The van der Waals surface area contributed by atoms with Crippen molar-refractivity contribution in [2.24, 2.45) is 0 Å². The van der Waals surface area contributed by atoms with Gasteiger partial charge in [0.25, 0.3) is 11.9 Å². The van der Waals surface area contributed by atoms with Gasteiger partial charge < -0.3 is 24.9 Å². The summed E-state index contributed by atoms with van der Waals surface area (Å²) in [7, 11) is 4.52. The lowest BCUT2D eigenvalue weighted by atomic mass is 9.82. The number of nitrogens with one attached hydrogen (secondary N) is 2. The smallest absolute Gasteiger partial charge is 0.295 e. The predicted molar refractivity (Wildman–Crippen MR) is 130 cm³/mol. The van der Waals surface area contributed by atoms with E-state index in [-0.39, 0.29) is 11.9 Å². The standard InChI is InChI=1S/C26H37N5O2/c1-30-18-6-3-7-19(30)13-16(12-18)27-25(32)22-10-5-11-23-24(22)29-26(33-23)28-17-14-20-8-4-9-21(15-17)31(20)2/h5,10-11,16-21H,3-4,6-9,12-15H2,1-2H3,(H,27,32)(H,28,29). The third kappa shape index (κ3) is 4.03. The maximum absolute atomic E-state index is 13.3. The van der Waals surface area contributed by atoms with Crippen LogP contribution in [0.25, 0.3) is 11.1 Å². The fraction of sp³-hybridized carbons (Fsp3) is 0.692. The van der Waals surface area contributed by atoms with Crippen LogP contribution in [0.4, 0.5) is 6.01 Å². The zero-order valence-corrected chi connectivity index (χ0v) is 19.9. The molecular weight excluding hydrogens is 414 g/mol. The second kappa shape index (κ2) is 8.58. The van der Waals surface area contributed by atoms with E-state index >= 15 is 0 Å². The summed E-state index contributed by atoms with van der Waals surface area (Å²) >= 11 is 0. The largest absolute Gasteiger partial charge is 0.424 e. The molecule has 4 aliphatic heterocycles. The molecule has 1 aromatic carbocycles. The van der Waals surface area contributed by atoms with Crippen molar-refractivity contribution in [3.8, 4) is 0 Å². The Morgan fingerprint density at radius 1 is 0.909 bits per heavy atom. The van der Waals surface area contributed by atoms with Crippen molar-refractivity contribution in [2.75, 3.05) is 19.4 Å². The summed E-state index contributed by atoms with van der Waals surface area (Å²) in [6.45, 7) is 0. The Balaban J connectivity index is 1.16. The Labute approximate surface area is 196 Å². The highest BCUT2D eigenvalue weighted by molar-refractivity contribution is 6.04. The van der Waals surface area contributed by atoms with Crippen LogP contribution in [0.1, 0.15) is 74.6 Å². The number of anilines is 1. The first-order valence-electron chi connectivity index (χ1n) is 13.0. The number of fused-ring (bicyclic) bond motifs is 5. The fourth-order valence-electron chi connectivity index (χ4n) is 7.10. The molecule has 0 aliphatic carbocycles. The molecule has 4 unspecified atom stereocenters. The molecule has 4 fully saturated rings. The first-order chi connectivity index (χ1) is 16.0. The number of nitrogens with zero attached hydrogens (tertiary/aromatic N) is 3. The van der Waals surface area contributed by atoms with E-state index in [1.54, 1.807) is 0 Å². The maximum atomic E-state index is 13.3. The predicted octanol–water partition coefficient (Wildman–Crippen LogP) is 4.00. The van der Waals surface area contributed by atoms with Crippen LogP contribution in [-0.2, 0) is 0 Å². The number of carbonyl (C=O) groups is 1. The highest BCUT2D eigenvalue weighted by atomic mass is 16.4. The Morgan fingerprint density at radius 3 is 2.09 bits per heavy atom. The molecule has 4 bridgehead atoms. The van der Waals surface area contributed by atoms with Gasteiger partial charge in [-0.3, -0.25) is 4.79 Å². The van der Waals surface area contributed by atoms with Crippen molar-refractivity contribution in [2.45, 2.75) is 100 Å². The second-order valence-electron chi connectivity index (χ2n) is 10.9. The molecular formula is C26H37N5O2. The van der Waals surface area contributed by atoms with Gasteiger partial charge in [0.1, 0.15) is 5.52 Å². The molecule has 4 atom stereocenters. The third-order valence-corrected chi connectivity index (χ3v) is 9.01. The molecule has 33 heavy (non-hydrogen) atoms. The number of oxazole rings is 1. The second-order valence-corrected chi connectivity index (χ2v) is 10.9. The van der Waals surface area contributed by atoms with Crippen molar-refractivity contribution < 1.29 is 9.21 Å². The lowest BCUT2D eigenvalue weighted by Gasteiger charge is -2.47. The van der Waals surface area contributed by atoms with E-state index in [1.165, 1.54) is 38.5 Å². The minimum absolute atomic E-state index is 0.0260. The van der Waals surface area contributed by atoms with Crippen molar-refractivity contribution in [1.29, 1.82) is 0 Å². The average molecular weight is 452 g/mol. The highest BCUT2D eigenvalue weighted by Gasteiger charge is 2.38. The van der Waals surface area contributed by atoms with E-state index in [4.69, 9.17) is 9.40 Å². The zero-order valence-electron chi connectivity index (χ0n) is 19.9. The molecule has 7 heteroatoms. The van der Waals surface area contributed by atoms with Crippen LogP contribution in [0.3, 0.4) is 0 Å². The summed E-state index contributed by atoms with van der Waals surface area (Å²) in [6.07, 6.45) is 12.0. The van der Waals surface area contributed by atoms with E-state index in [1.807, 2.05) is 18.2 Å². The Bertz CT molecular complexity index is 993. The normalized spacial score (nSPS) is 34.8. The minimum atomic E-state index is -0.0260. The van der Waals surface area contributed by atoms with Crippen molar-refractivity contribution in [3.05, 3.63) is 23.8 Å². The highest BCUT2D eigenvalue weighted by Crippen LogP contribution is 2.35. The van der Waals surface area contributed by atoms with Crippen molar-refractivity contribution in [1.82, 2.24) is 20.1 Å². The number of hydrogen-bond donors (Lipinski definition) is 2. The van der Waals surface area contributed by atoms with Crippen LogP contribution >= 0.6 is 0 Å². The summed E-state index contributed by atoms with van der Waals surface area (Å²) in [6, 6.07) is 9.33. The summed E-state index contributed by atoms with van der Waals surface area (Å²) in [5.74, 6) is -0.0260. The minimum Gasteiger partial charge on any atom is -0.424 e. The quantitative estimate of drug-likeness (QED) is 0.732. The van der Waals surface area contributed by atoms with E-state index in [0.717, 1.165) is 25.7 Å². The molecule has 0 radical (unpaired) electrons. The topological polar surface area (TPSA) is 73.6 Å². The first-order valence-corrected chi connectivity index (χ1v) is 13.0. The molecule has 6 rings (SSSR count). The number of piperidine rings is 4. The average Bonchev–Trinajstić information content (AvgIpc) is 3.17. The van der Waals surface area contributed by atoms with E-state index in [0.29, 0.717) is 52.9 Å². The first kappa shape index (κ1) is 21.4. The lowest BCUT2D eigenvalue weighted by molar-refractivity contribution is 0.0463. The van der Waals surface area contributed by atoms with Crippen molar-refractivity contribution >= 4 is 23.0 Å². The van der Waals surface area contributed by atoms with Gasteiger partial charge in [-0.1, -0.05) is 18.9 Å². The molecule has 2 N–H and O–H groups in total. The van der Waals surface area contributed by atoms with Gasteiger partial charge >= 0.3 is 0 Å². The van der Waals surface area contributed by atoms with Crippen LogP contribution in [0.15, 0.2) is 22.6 Å². The maximum Gasteiger partial charge on any atom is 0.295 e. The fourth-order valence-corrected chi connectivity index (χ4v) is 7.10.